The third kappa shape index (κ3) is 4.65. The van der Waals surface area contributed by atoms with Crippen LogP contribution in [0.3, 0.4) is 0 Å². The summed E-state index contributed by atoms with van der Waals surface area (Å²) < 4.78 is 5.97. The molecule has 0 fully saturated rings. The summed E-state index contributed by atoms with van der Waals surface area (Å²) in [5, 5.41) is 8.28. The van der Waals surface area contributed by atoms with Gasteiger partial charge in [0.2, 0.25) is 5.91 Å². The summed E-state index contributed by atoms with van der Waals surface area (Å²) in [5.74, 6) is 1.16. The number of benzene rings is 1. The summed E-state index contributed by atoms with van der Waals surface area (Å²) in [6.07, 6.45) is 0.907. The predicted molar refractivity (Wildman–Crippen MR) is 114 cm³/mol. The number of carbonyl (C=O) groups excluding carboxylic acids is 2. The fourth-order valence-electron chi connectivity index (χ4n) is 2.96. The Morgan fingerprint density at radius 2 is 2.07 bits per heavy atom. The van der Waals surface area contributed by atoms with E-state index in [0.717, 1.165) is 17.1 Å². The SMILES string of the molecule is CC(C)CCN1C(=O)C(C)(C)COc2cc(NC(=O)Nc3cccs3)ccc21. The first kappa shape index (κ1) is 20.2. The lowest BCUT2D eigenvalue weighted by Gasteiger charge is -2.28. The lowest BCUT2D eigenvalue weighted by Crippen LogP contribution is -2.42. The van der Waals surface area contributed by atoms with Crippen LogP contribution in [0.5, 0.6) is 5.75 Å². The Kier molecular flexibility index (Phi) is 5.93. The molecule has 1 aliphatic heterocycles. The van der Waals surface area contributed by atoms with E-state index >= 15 is 0 Å². The van der Waals surface area contributed by atoms with Crippen molar-refractivity contribution in [3.05, 3.63) is 35.7 Å². The molecule has 1 aliphatic rings. The summed E-state index contributed by atoms with van der Waals surface area (Å²) in [7, 11) is 0. The average molecular weight is 402 g/mol. The van der Waals surface area contributed by atoms with Crippen LogP contribution in [-0.4, -0.2) is 25.1 Å². The fourth-order valence-corrected chi connectivity index (χ4v) is 3.57. The summed E-state index contributed by atoms with van der Waals surface area (Å²) in [5.41, 5.74) is 0.754. The highest BCUT2D eigenvalue weighted by molar-refractivity contribution is 7.14. The number of nitrogens with one attached hydrogen (secondary N) is 2. The van der Waals surface area contributed by atoms with Gasteiger partial charge < -0.3 is 15.0 Å². The number of urea groups is 1. The number of ether oxygens (including phenoxy) is 1. The third-order valence-corrected chi connectivity index (χ3v) is 5.39. The standard InChI is InChI=1S/C21H27N3O3S/c1-14(2)9-10-24-16-8-7-15(22-20(26)23-18-6-5-11-28-18)12-17(16)27-13-21(3,4)19(24)25/h5-8,11-12,14H,9-10,13H2,1-4H3,(H2,22,23,26). The van der Waals surface area contributed by atoms with Gasteiger partial charge >= 0.3 is 6.03 Å². The van der Waals surface area contributed by atoms with Crippen molar-refractivity contribution in [2.45, 2.75) is 34.1 Å². The first-order chi connectivity index (χ1) is 13.3. The molecule has 0 saturated carbocycles. The van der Waals surface area contributed by atoms with Crippen LogP contribution in [0.1, 0.15) is 34.1 Å². The number of anilines is 3. The van der Waals surface area contributed by atoms with E-state index in [-0.39, 0.29) is 11.9 Å². The van der Waals surface area contributed by atoms with Crippen LogP contribution in [0.4, 0.5) is 21.2 Å². The molecule has 2 aromatic rings. The molecule has 3 rings (SSSR count). The molecule has 0 unspecified atom stereocenters. The number of hydrogen-bond acceptors (Lipinski definition) is 4. The van der Waals surface area contributed by atoms with Gasteiger partial charge in [-0.2, -0.15) is 0 Å². The molecule has 0 bridgehead atoms. The Balaban J connectivity index is 1.81. The highest BCUT2D eigenvalue weighted by Crippen LogP contribution is 2.38. The Morgan fingerprint density at radius 1 is 1.29 bits per heavy atom. The summed E-state index contributed by atoms with van der Waals surface area (Å²) in [6.45, 7) is 9.02. The minimum atomic E-state index is -0.611. The third-order valence-electron chi connectivity index (χ3n) is 4.61. The van der Waals surface area contributed by atoms with Crippen molar-refractivity contribution in [3.8, 4) is 5.75 Å². The summed E-state index contributed by atoms with van der Waals surface area (Å²) in [4.78, 5) is 27.1. The zero-order chi connectivity index (χ0) is 20.3. The van der Waals surface area contributed by atoms with Crippen molar-refractivity contribution in [3.63, 3.8) is 0 Å². The van der Waals surface area contributed by atoms with Crippen molar-refractivity contribution < 1.29 is 14.3 Å². The van der Waals surface area contributed by atoms with E-state index < -0.39 is 5.41 Å². The lowest BCUT2D eigenvalue weighted by atomic mass is 9.92. The van der Waals surface area contributed by atoms with Crippen LogP contribution in [0.25, 0.3) is 0 Å². The van der Waals surface area contributed by atoms with Gasteiger partial charge in [0, 0.05) is 18.3 Å². The number of fused-ring (bicyclic) bond motifs is 1. The Labute approximate surface area is 169 Å². The van der Waals surface area contributed by atoms with Crippen LogP contribution >= 0.6 is 11.3 Å². The topological polar surface area (TPSA) is 70.7 Å². The monoisotopic (exact) mass is 401 g/mol. The van der Waals surface area contributed by atoms with Crippen LogP contribution < -0.4 is 20.3 Å². The van der Waals surface area contributed by atoms with Crippen molar-refractivity contribution in [2.75, 3.05) is 28.7 Å². The van der Waals surface area contributed by atoms with Gasteiger partial charge in [-0.1, -0.05) is 13.8 Å². The molecule has 6 nitrogen and oxygen atoms in total. The fraction of sp³-hybridized carbons (Fsp3) is 0.429. The highest BCUT2D eigenvalue weighted by atomic mass is 32.1. The Morgan fingerprint density at radius 3 is 2.75 bits per heavy atom. The normalized spacial score (nSPS) is 15.6. The van der Waals surface area contributed by atoms with Crippen LogP contribution in [-0.2, 0) is 4.79 Å². The van der Waals surface area contributed by atoms with E-state index in [4.69, 9.17) is 4.74 Å². The minimum absolute atomic E-state index is 0.0584. The molecule has 0 radical (unpaired) electrons. The average Bonchev–Trinajstić information content (AvgIpc) is 3.10. The van der Waals surface area contributed by atoms with Gasteiger partial charge in [0.25, 0.3) is 0 Å². The predicted octanol–water partition coefficient (Wildman–Crippen LogP) is 5.19. The van der Waals surface area contributed by atoms with Crippen molar-refractivity contribution in [2.24, 2.45) is 11.3 Å². The quantitative estimate of drug-likeness (QED) is 0.724. The van der Waals surface area contributed by atoms with Crippen molar-refractivity contribution >= 4 is 39.7 Å². The van der Waals surface area contributed by atoms with E-state index in [1.807, 2.05) is 42.3 Å². The van der Waals surface area contributed by atoms with Gasteiger partial charge in [-0.05, 0) is 55.8 Å². The second-order valence-corrected chi connectivity index (χ2v) is 9.00. The van der Waals surface area contributed by atoms with E-state index in [1.54, 1.807) is 12.1 Å². The molecule has 0 atom stereocenters. The van der Waals surface area contributed by atoms with Gasteiger partial charge in [-0.25, -0.2) is 4.79 Å². The van der Waals surface area contributed by atoms with Gasteiger partial charge in [-0.15, -0.1) is 11.3 Å². The first-order valence-corrected chi connectivity index (χ1v) is 10.3. The minimum Gasteiger partial charge on any atom is -0.490 e. The molecule has 0 spiro atoms. The molecule has 2 heterocycles. The van der Waals surface area contributed by atoms with Gasteiger partial charge in [0.15, 0.2) is 0 Å². The maximum absolute atomic E-state index is 13.1. The highest BCUT2D eigenvalue weighted by Gasteiger charge is 2.37. The summed E-state index contributed by atoms with van der Waals surface area (Å²) >= 11 is 1.45. The Bertz CT molecular complexity index is 847. The zero-order valence-electron chi connectivity index (χ0n) is 16.7. The molecule has 28 heavy (non-hydrogen) atoms. The molecule has 7 heteroatoms. The molecule has 2 N–H and O–H groups in total. The molecule has 1 aromatic heterocycles. The number of hydrogen-bond donors (Lipinski definition) is 2. The number of amides is 3. The second kappa shape index (κ2) is 8.22. The molecular formula is C21H27N3O3S. The smallest absolute Gasteiger partial charge is 0.324 e. The van der Waals surface area contributed by atoms with Crippen LogP contribution in [0.15, 0.2) is 35.7 Å². The molecule has 0 aliphatic carbocycles. The van der Waals surface area contributed by atoms with Crippen molar-refractivity contribution in [1.82, 2.24) is 0 Å². The Hall–Kier alpha value is -2.54. The molecule has 150 valence electrons. The number of rotatable bonds is 5. The molecular weight excluding hydrogens is 374 g/mol. The number of nitrogens with zero attached hydrogens (tertiary/aromatic N) is 1. The first-order valence-electron chi connectivity index (χ1n) is 9.46. The lowest BCUT2D eigenvalue weighted by molar-refractivity contribution is -0.127. The second-order valence-electron chi connectivity index (χ2n) is 8.05. The summed E-state index contributed by atoms with van der Waals surface area (Å²) in [6, 6.07) is 8.82. The molecule has 3 amide bonds. The maximum Gasteiger partial charge on any atom is 0.324 e. The number of carbonyl (C=O) groups is 2. The van der Waals surface area contributed by atoms with Gasteiger partial charge in [0.05, 0.1) is 16.1 Å². The van der Waals surface area contributed by atoms with Crippen LogP contribution in [0.2, 0.25) is 0 Å². The maximum atomic E-state index is 13.1. The van der Waals surface area contributed by atoms with Gasteiger partial charge in [0.1, 0.15) is 12.4 Å². The largest absolute Gasteiger partial charge is 0.490 e. The zero-order valence-corrected chi connectivity index (χ0v) is 17.6. The van der Waals surface area contributed by atoms with E-state index in [0.29, 0.717) is 30.5 Å². The number of thiophene rings is 1. The van der Waals surface area contributed by atoms with Crippen molar-refractivity contribution in [1.29, 1.82) is 0 Å². The molecule has 0 saturated heterocycles. The van der Waals surface area contributed by atoms with E-state index in [2.05, 4.69) is 24.5 Å². The van der Waals surface area contributed by atoms with E-state index in [9.17, 15) is 9.59 Å². The van der Waals surface area contributed by atoms with E-state index in [1.165, 1.54) is 11.3 Å². The molecule has 1 aromatic carbocycles. The van der Waals surface area contributed by atoms with Gasteiger partial charge in [-0.3, -0.25) is 10.1 Å². The van der Waals surface area contributed by atoms with Crippen LogP contribution in [0, 0.1) is 11.3 Å².